The van der Waals surface area contributed by atoms with Crippen molar-refractivity contribution >= 4 is 22.5 Å². The van der Waals surface area contributed by atoms with Gasteiger partial charge in [0.2, 0.25) is 11.7 Å². The van der Waals surface area contributed by atoms with Gasteiger partial charge >= 0.3 is 0 Å². The molecule has 0 saturated heterocycles. The molecule has 8 nitrogen and oxygen atoms in total. The third kappa shape index (κ3) is 2.40. The number of fused-ring (bicyclic) bond motifs is 3. The number of hydrogen-bond acceptors (Lipinski definition) is 5. The average Bonchev–Trinajstić information content (AvgIpc) is 2.97. The summed E-state index contributed by atoms with van der Waals surface area (Å²) in [5, 5.41) is 21.5. The summed E-state index contributed by atoms with van der Waals surface area (Å²) in [5.41, 5.74) is 1.43. The SMILES string of the molecule is O=c1[nH]c2nc3ccccc3n2c(O)c1Cc1cccc([N+](=O)[O-])c1. The van der Waals surface area contributed by atoms with Crippen LogP contribution in [0.3, 0.4) is 0 Å². The van der Waals surface area contributed by atoms with Crippen LogP contribution in [0.2, 0.25) is 0 Å². The number of benzene rings is 2. The molecule has 25 heavy (non-hydrogen) atoms. The Morgan fingerprint density at radius 1 is 1.20 bits per heavy atom. The molecule has 8 heteroatoms. The van der Waals surface area contributed by atoms with Gasteiger partial charge in [0, 0.05) is 18.6 Å². The summed E-state index contributed by atoms with van der Waals surface area (Å²) in [7, 11) is 0. The summed E-state index contributed by atoms with van der Waals surface area (Å²) in [6.45, 7) is 0. The topological polar surface area (TPSA) is 114 Å². The fourth-order valence-electron chi connectivity index (χ4n) is 2.88. The zero-order chi connectivity index (χ0) is 17.6. The minimum atomic E-state index is -0.500. The molecule has 2 aromatic heterocycles. The number of nitrogens with zero attached hydrogens (tertiary/aromatic N) is 3. The van der Waals surface area contributed by atoms with Crippen LogP contribution >= 0.6 is 0 Å². The van der Waals surface area contributed by atoms with Crippen LogP contribution in [0.1, 0.15) is 11.1 Å². The van der Waals surface area contributed by atoms with Gasteiger partial charge in [0.1, 0.15) is 0 Å². The van der Waals surface area contributed by atoms with Gasteiger partial charge < -0.3 is 5.11 Å². The summed E-state index contributed by atoms with van der Waals surface area (Å²) in [4.78, 5) is 29.7. The largest absolute Gasteiger partial charge is 0.494 e. The predicted octanol–water partition coefficient (Wildman–Crippen LogP) is 2.38. The number of H-pyrrole nitrogens is 1. The van der Waals surface area contributed by atoms with Gasteiger partial charge in [0.15, 0.2) is 0 Å². The van der Waals surface area contributed by atoms with E-state index in [-0.39, 0.29) is 29.3 Å². The standard InChI is InChI=1S/C17H12N4O4/c22-15-12(9-10-4-3-5-11(8-10)21(24)25)16(23)20-14-7-2-1-6-13(14)18-17(20)19-15/h1-8,23H,9H2,(H,18,19,22). The van der Waals surface area contributed by atoms with E-state index in [0.29, 0.717) is 16.6 Å². The first-order chi connectivity index (χ1) is 12.0. The summed E-state index contributed by atoms with van der Waals surface area (Å²) in [6, 6.07) is 13.2. The van der Waals surface area contributed by atoms with E-state index in [9.17, 15) is 20.0 Å². The molecule has 4 rings (SSSR count). The maximum Gasteiger partial charge on any atom is 0.269 e. The second kappa shape index (κ2) is 5.45. The number of non-ortho nitro benzene ring substituents is 1. The number of nitro benzene ring substituents is 1. The van der Waals surface area contributed by atoms with E-state index < -0.39 is 10.5 Å². The maximum atomic E-state index is 12.4. The number of imidazole rings is 1. The number of aromatic amines is 1. The zero-order valence-corrected chi connectivity index (χ0v) is 12.8. The average molecular weight is 336 g/mol. The highest BCUT2D eigenvalue weighted by molar-refractivity contribution is 5.80. The van der Waals surface area contributed by atoms with E-state index in [1.165, 1.54) is 16.5 Å². The minimum Gasteiger partial charge on any atom is -0.494 e. The van der Waals surface area contributed by atoms with Crippen LogP contribution in [0.25, 0.3) is 16.8 Å². The minimum absolute atomic E-state index is 0.0608. The normalized spacial score (nSPS) is 11.2. The lowest BCUT2D eigenvalue weighted by Crippen LogP contribution is -2.16. The van der Waals surface area contributed by atoms with Crippen molar-refractivity contribution in [3.05, 3.63) is 80.1 Å². The van der Waals surface area contributed by atoms with Crippen molar-refractivity contribution < 1.29 is 10.0 Å². The molecule has 2 aromatic carbocycles. The van der Waals surface area contributed by atoms with Crippen LogP contribution in [0.5, 0.6) is 5.88 Å². The van der Waals surface area contributed by atoms with E-state index in [1.807, 2.05) is 6.07 Å². The van der Waals surface area contributed by atoms with Crippen molar-refractivity contribution in [2.45, 2.75) is 6.42 Å². The number of aromatic hydroxyl groups is 1. The van der Waals surface area contributed by atoms with Crippen molar-refractivity contribution in [3.8, 4) is 5.88 Å². The number of para-hydroxylation sites is 2. The lowest BCUT2D eigenvalue weighted by Gasteiger charge is -2.07. The molecule has 0 aliphatic heterocycles. The molecule has 2 N–H and O–H groups in total. The van der Waals surface area contributed by atoms with Gasteiger partial charge in [-0.25, -0.2) is 9.38 Å². The lowest BCUT2D eigenvalue weighted by atomic mass is 10.1. The van der Waals surface area contributed by atoms with Gasteiger partial charge in [-0.1, -0.05) is 24.3 Å². The Labute approximate surface area is 140 Å². The third-order valence-electron chi connectivity index (χ3n) is 4.04. The third-order valence-corrected chi connectivity index (χ3v) is 4.04. The summed E-state index contributed by atoms with van der Waals surface area (Å²) >= 11 is 0. The molecule has 2 heterocycles. The van der Waals surface area contributed by atoms with Gasteiger partial charge in [0.05, 0.1) is 21.5 Å². The van der Waals surface area contributed by atoms with Crippen LogP contribution < -0.4 is 5.56 Å². The fraction of sp³-hybridized carbons (Fsp3) is 0.0588. The first-order valence-corrected chi connectivity index (χ1v) is 7.49. The first kappa shape index (κ1) is 14.9. The number of aromatic nitrogens is 3. The van der Waals surface area contributed by atoms with E-state index in [0.717, 1.165) is 0 Å². The molecule has 0 atom stereocenters. The van der Waals surface area contributed by atoms with E-state index in [4.69, 9.17) is 0 Å². The molecule has 0 unspecified atom stereocenters. The van der Waals surface area contributed by atoms with E-state index in [2.05, 4.69) is 9.97 Å². The molecule has 0 bridgehead atoms. The number of hydrogen-bond donors (Lipinski definition) is 2. The highest BCUT2D eigenvalue weighted by Gasteiger charge is 2.17. The van der Waals surface area contributed by atoms with Gasteiger partial charge in [-0.05, 0) is 17.7 Å². The molecule has 0 spiro atoms. The van der Waals surface area contributed by atoms with Crippen molar-refractivity contribution in [1.29, 1.82) is 0 Å². The quantitative estimate of drug-likeness (QED) is 0.440. The molecule has 0 amide bonds. The highest BCUT2D eigenvalue weighted by Crippen LogP contribution is 2.24. The van der Waals surface area contributed by atoms with E-state index >= 15 is 0 Å². The number of nitrogens with one attached hydrogen (secondary N) is 1. The van der Waals surface area contributed by atoms with Gasteiger partial charge in [-0.3, -0.25) is 19.9 Å². The molecule has 0 saturated carbocycles. The van der Waals surface area contributed by atoms with E-state index in [1.54, 1.807) is 30.3 Å². The molecular formula is C17H12N4O4. The Hall–Kier alpha value is -3.68. The van der Waals surface area contributed by atoms with Crippen LogP contribution in [-0.4, -0.2) is 24.4 Å². The summed E-state index contributed by atoms with van der Waals surface area (Å²) in [5.74, 6) is 0.0189. The Bertz CT molecular complexity index is 1190. The number of rotatable bonds is 3. The zero-order valence-electron chi connectivity index (χ0n) is 12.8. The highest BCUT2D eigenvalue weighted by atomic mass is 16.6. The molecule has 0 aliphatic carbocycles. The predicted molar refractivity (Wildman–Crippen MR) is 90.9 cm³/mol. The number of nitro groups is 1. The van der Waals surface area contributed by atoms with Crippen molar-refractivity contribution in [2.75, 3.05) is 0 Å². The molecular weight excluding hydrogens is 324 g/mol. The van der Waals surface area contributed by atoms with Gasteiger partial charge in [0.25, 0.3) is 11.2 Å². The Balaban J connectivity index is 1.90. The lowest BCUT2D eigenvalue weighted by molar-refractivity contribution is -0.384. The van der Waals surface area contributed by atoms with Gasteiger partial charge in [-0.15, -0.1) is 0 Å². The van der Waals surface area contributed by atoms with Crippen molar-refractivity contribution in [1.82, 2.24) is 14.4 Å². The second-order valence-electron chi connectivity index (χ2n) is 5.62. The maximum absolute atomic E-state index is 12.4. The molecule has 0 radical (unpaired) electrons. The molecule has 0 fully saturated rings. The fourth-order valence-corrected chi connectivity index (χ4v) is 2.88. The van der Waals surface area contributed by atoms with Gasteiger partial charge in [-0.2, -0.15) is 0 Å². The van der Waals surface area contributed by atoms with Crippen LogP contribution in [0.15, 0.2) is 53.3 Å². The second-order valence-corrected chi connectivity index (χ2v) is 5.62. The first-order valence-electron chi connectivity index (χ1n) is 7.49. The molecule has 4 aromatic rings. The Morgan fingerprint density at radius 2 is 2.00 bits per heavy atom. The van der Waals surface area contributed by atoms with Crippen LogP contribution in [-0.2, 0) is 6.42 Å². The summed E-state index contributed by atoms with van der Waals surface area (Å²) in [6.07, 6.45) is 0.0608. The summed E-state index contributed by atoms with van der Waals surface area (Å²) < 4.78 is 1.46. The molecule has 124 valence electrons. The Morgan fingerprint density at radius 3 is 2.80 bits per heavy atom. The Kier molecular flexibility index (Phi) is 3.24. The van der Waals surface area contributed by atoms with Crippen LogP contribution in [0, 0.1) is 10.1 Å². The van der Waals surface area contributed by atoms with Crippen molar-refractivity contribution in [2.24, 2.45) is 0 Å². The molecule has 0 aliphatic rings. The van der Waals surface area contributed by atoms with Crippen LogP contribution in [0.4, 0.5) is 5.69 Å². The monoisotopic (exact) mass is 336 g/mol. The van der Waals surface area contributed by atoms with Crippen molar-refractivity contribution in [3.63, 3.8) is 0 Å². The smallest absolute Gasteiger partial charge is 0.269 e.